The number of rotatable bonds is 7. The van der Waals surface area contributed by atoms with Crippen LogP contribution < -0.4 is 0 Å². The van der Waals surface area contributed by atoms with Crippen LogP contribution >= 0.6 is 0 Å². The zero-order valence-corrected chi connectivity index (χ0v) is 46.7. The number of aromatic nitrogens is 3. The summed E-state index contributed by atoms with van der Waals surface area (Å²) in [6.45, 7) is 24.7. The summed E-state index contributed by atoms with van der Waals surface area (Å²) in [6.07, 6.45) is 1.92. The van der Waals surface area contributed by atoms with Crippen molar-refractivity contribution < 1.29 is 26.2 Å². The number of hydrogen-bond acceptors (Lipinski definition) is 3. The number of phenolic OH excluding ortho intramolecular Hbond substituents is 1. The van der Waals surface area contributed by atoms with Gasteiger partial charge in [0.25, 0.3) is 0 Å². The maximum atomic E-state index is 12.7. The molecule has 0 radical (unpaired) electrons. The summed E-state index contributed by atoms with van der Waals surface area (Å²) in [6, 6.07) is 67.2. The molecule has 0 aliphatic heterocycles. The molecule has 1 aliphatic carbocycles. The standard InChI is InChI=1S/C69H64N3O.Pt/c1-66(2,3)49-33-34-60(53(40-49)46-23-16-13-17-24-46)72-61-28-20-26-51(63(61)71-65(72)55-41-50(67(4,5)6)42-58(64(55)73)68(7,8)9)54-37-48(38-57-62(54)52-25-18-19-27-56(52)69(57,10)11)59-39-47(35-36-70-59)45-31-29-44(30-32-45)43-21-14-12-15-22-43;/h12-36,38-42,73H,1-11H3;/q-1;. The van der Waals surface area contributed by atoms with E-state index in [-0.39, 0.29) is 48.5 Å². The van der Waals surface area contributed by atoms with Gasteiger partial charge in [-0.25, -0.2) is 4.98 Å². The summed E-state index contributed by atoms with van der Waals surface area (Å²) in [7, 11) is 0. The van der Waals surface area contributed by atoms with E-state index in [0.717, 1.165) is 78.0 Å². The van der Waals surface area contributed by atoms with Crippen LogP contribution in [-0.4, -0.2) is 19.6 Å². The predicted molar refractivity (Wildman–Crippen MR) is 306 cm³/mol. The first-order chi connectivity index (χ1) is 34.8. The number of phenols is 1. The van der Waals surface area contributed by atoms with Crippen molar-refractivity contribution >= 4 is 11.0 Å². The molecule has 8 aromatic carbocycles. The van der Waals surface area contributed by atoms with E-state index in [2.05, 4.69) is 263 Å². The normalized spacial score (nSPS) is 13.1. The van der Waals surface area contributed by atoms with Crippen LogP contribution in [0.4, 0.5) is 0 Å². The summed E-state index contributed by atoms with van der Waals surface area (Å²) in [5, 5.41) is 12.7. The number of nitrogens with zero attached hydrogens (tertiary/aromatic N) is 3. The maximum Gasteiger partial charge on any atom is 0.148 e. The fourth-order valence-electron chi connectivity index (χ4n) is 10.9. The van der Waals surface area contributed by atoms with E-state index in [1.807, 2.05) is 6.20 Å². The van der Waals surface area contributed by atoms with Gasteiger partial charge in [0.1, 0.15) is 11.6 Å². The molecule has 74 heavy (non-hydrogen) atoms. The summed E-state index contributed by atoms with van der Waals surface area (Å²) in [5.41, 5.74) is 21.1. The van der Waals surface area contributed by atoms with Crippen molar-refractivity contribution in [2.24, 2.45) is 0 Å². The van der Waals surface area contributed by atoms with Gasteiger partial charge < -0.3 is 5.11 Å². The Bertz CT molecular complexity index is 3750. The van der Waals surface area contributed by atoms with Crippen LogP contribution in [0.15, 0.2) is 182 Å². The molecule has 0 bridgehead atoms. The van der Waals surface area contributed by atoms with Gasteiger partial charge >= 0.3 is 0 Å². The molecular formula is C69H64N3OPt-. The topological polar surface area (TPSA) is 50.9 Å². The molecule has 4 nitrogen and oxygen atoms in total. The van der Waals surface area contributed by atoms with E-state index in [1.54, 1.807) is 0 Å². The Kier molecular flexibility index (Phi) is 12.7. The van der Waals surface area contributed by atoms with Crippen molar-refractivity contribution in [2.75, 3.05) is 0 Å². The maximum absolute atomic E-state index is 12.7. The monoisotopic (exact) mass is 1150 g/mol. The number of aromatic hydroxyl groups is 1. The first kappa shape index (κ1) is 50.4. The van der Waals surface area contributed by atoms with Crippen molar-refractivity contribution in [3.8, 4) is 89.7 Å². The molecule has 0 fully saturated rings. The van der Waals surface area contributed by atoms with Gasteiger partial charge in [-0.2, -0.15) is 0 Å². The summed E-state index contributed by atoms with van der Waals surface area (Å²) < 4.78 is 2.30. The van der Waals surface area contributed by atoms with E-state index in [0.29, 0.717) is 11.4 Å². The Labute approximate surface area is 452 Å². The second kappa shape index (κ2) is 18.7. The quantitative estimate of drug-likeness (QED) is 0.162. The van der Waals surface area contributed by atoms with Crippen LogP contribution in [0.25, 0.3) is 95.0 Å². The van der Waals surface area contributed by atoms with Crippen molar-refractivity contribution in [3.05, 3.63) is 216 Å². The molecule has 2 aromatic heterocycles. The van der Waals surface area contributed by atoms with E-state index in [1.165, 1.54) is 33.4 Å². The number of imidazole rings is 1. The molecule has 0 amide bonds. The minimum Gasteiger partial charge on any atom is -0.507 e. The fraction of sp³-hybridized carbons (Fsp3) is 0.217. The molecule has 0 saturated carbocycles. The first-order valence-electron chi connectivity index (χ1n) is 25.7. The van der Waals surface area contributed by atoms with Gasteiger partial charge in [-0.05, 0) is 96.6 Å². The van der Waals surface area contributed by atoms with Crippen molar-refractivity contribution in [3.63, 3.8) is 0 Å². The van der Waals surface area contributed by atoms with Gasteiger partial charge in [0.15, 0.2) is 0 Å². The number of para-hydroxylation sites is 1. The summed E-state index contributed by atoms with van der Waals surface area (Å²) >= 11 is 0. The van der Waals surface area contributed by atoms with E-state index < -0.39 is 0 Å². The van der Waals surface area contributed by atoms with Gasteiger partial charge in [0.05, 0.1) is 22.3 Å². The minimum atomic E-state index is -0.348. The molecule has 0 saturated heterocycles. The average molecular weight is 1150 g/mol. The van der Waals surface area contributed by atoms with Gasteiger partial charge in [-0.1, -0.05) is 238 Å². The second-order valence-corrected chi connectivity index (χ2v) is 23.6. The van der Waals surface area contributed by atoms with Gasteiger partial charge in [0.2, 0.25) is 0 Å². The molecule has 11 rings (SSSR count). The van der Waals surface area contributed by atoms with Gasteiger partial charge in [0, 0.05) is 49.5 Å². The van der Waals surface area contributed by atoms with E-state index in [9.17, 15) is 5.11 Å². The molecule has 0 unspecified atom stereocenters. The molecule has 5 heteroatoms. The van der Waals surface area contributed by atoms with Gasteiger partial charge in [-0.3, -0.25) is 9.55 Å². The molecule has 0 atom stereocenters. The smallest absolute Gasteiger partial charge is 0.148 e. The molecule has 372 valence electrons. The number of hydrogen-bond donors (Lipinski definition) is 1. The SMILES string of the molecule is CC(C)(C)c1ccc(-n2c(-c3cc(C(C)(C)C)cc(C(C)(C)C)c3O)nc3c(-c4[c-]c(-c5cc(-c6ccc(-c7ccccc7)cc6)ccn5)cc5c4-c4ccccc4C5(C)C)cccc32)c(-c2ccccc2)c1.[Pt]. The van der Waals surface area contributed by atoms with Crippen LogP contribution in [0.5, 0.6) is 5.75 Å². The van der Waals surface area contributed by atoms with Gasteiger partial charge in [-0.15, -0.1) is 17.7 Å². The molecule has 0 spiro atoms. The van der Waals surface area contributed by atoms with E-state index in [4.69, 9.17) is 9.97 Å². The Hall–Kier alpha value is -7.13. The summed E-state index contributed by atoms with van der Waals surface area (Å²) in [5.74, 6) is 0.926. The minimum absolute atomic E-state index is 0. The molecule has 1 N–H and O–H groups in total. The van der Waals surface area contributed by atoms with Crippen LogP contribution in [0.2, 0.25) is 0 Å². The number of fused-ring (bicyclic) bond motifs is 4. The summed E-state index contributed by atoms with van der Waals surface area (Å²) in [4.78, 5) is 10.9. The number of pyridine rings is 1. The van der Waals surface area contributed by atoms with Crippen LogP contribution in [-0.2, 0) is 42.7 Å². The molecular weight excluding hydrogens is 1080 g/mol. The predicted octanol–water partition coefficient (Wildman–Crippen LogP) is 18.1. The molecule has 10 aromatic rings. The zero-order valence-electron chi connectivity index (χ0n) is 44.4. The van der Waals surface area contributed by atoms with Crippen molar-refractivity contribution in [2.45, 2.75) is 97.8 Å². The van der Waals surface area contributed by atoms with Crippen LogP contribution in [0.3, 0.4) is 0 Å². The Morgan fingerprint density at radius 1 is 0.500 bits per heavy atom. The fourth-order valence-corrected chi connectivity index (χ4v) is 10.9. The average Bonchev–Trinajstić information content (AvgIpc) is 3.88. The third-order valence-corrected chi connectivity index (χ3v) is 15.1. The van der Waals surface area contributed by atoms with Crippen molar-refractivity contribution in [1.82, 2.24) is 14.5 Å². The Balaban J connectivity index is 0.00000626. The molecule has 1 aliphatic rings. The number of benzene rings is 8. The zero-order chi connectivity index (χ0) is 51.2. The Morgan fingerprint density at radius 3 is 1.76 bits per heavy atom. The Morgan fingerprint density at radius 2 is 1.09 bits per heavy atom. The van der Waals surface area contributed by atoms with Crippen LogP contribution in [0.1, 0.15) is 104 Å². The van der Waals surface area contributed by atoms with Crippen LogP contribution in [0, 0.1) is 6.07 Å². The third kappa shape index (κ3) is 8.85. The first-order valence-corrected chi connectivity index (χ1v) is 25.7. The van der Waals surface area contributed by atoms with Crippen molar-refractivity contribution in [1.29, 1.82) is 0 Å². The largest absolute Gasteiger partial charge is 0.507 e. The second-order valence-electron chi connectivity index (χ2n) is 23.6. The third-order valence-electron chi connectivity index (χ3n) is 15.1. The molecule has 2 heterocycles. The van der Waals surface area contributed by atoms with E-state index >= 15 is 0 Å².